The highest BCUT2D eigenvalue weighted by atomic mass is 16.3. The number of aliphatic hydroxyl groups excluding tert-OH is 1. The van der Waals surface area contributed by atoms with Crippen molar-refractivity contribution in [2.24, 2.45) is 29.6 Å². The van der Waals surface area contributed by atoms with Crippen molar-refractivity contribution in [2.45, 2.75) is 45.1 Å². The minimum atomic E-state index is -0.362. The number of aliphatic hydroxyl groups is 1. The number of nitrogens with one attached hydrogen (secondary N) is 1. The summed E-state index contributed by atoms with van der Waals surface area (Å²) >= 11 is 0. The molecule has 0 radical (unpaired) electrons. The first-order valence-electron chi connectivity index (χ1n) is 7.18. The van der Waals surface area contributed by atoms with Gasteiger partial charge >= 0.3 is 0 Å². The lowest BCUT2D eigenvalue weighted by Crippen LogP contribution is -2.34. The molecular formula is C14H23NO2. The van der Waals surface area contributed by atoms with E-state index in [9.17, 15) is 9.90 Å². The lowest BCUT2D eigenvalue weighted by Gasteiger charge is -2.12. The third-order valence-electron chi connectivity index (χ3n) is 5.17. The summed E-state index contributed by atoms with van der Waals surface area (Å²) in [7, 11) is 0. The van der Waals surface area contributed by atoms with Gasteiger partial charge in [0, 0.05) is 12.5 Å². The Morgan fingerprint density at radius 2 is 2.00 bits per heavy atom. The van der Waals surface area contributed by atoms with Gasteiger partial charge in [0.1, 0.15) is 0 Å². The van der Waals surface area contributed by atoms with Gasteiger partial charge in [0.25, 0.3) is 0 Å². The van der Waals surface area contributed by atoms with Crippen molar-refractivity contribution in [2.75, 3.05) is 6.54 Å². The number of fused-ring (bicyclic) bond motifs is 5. The van der Waals surface area contributed by atoms with Crippen LogP contribution in [0.4, 0.5) is 0 Å². The molecule has 0 aromatic rings. The van der Waals surface area contributed by atoms with E-state index in [0.29, 0.717) is 24.3 Å². The van der Waals surface area contributed by atoms with E-state index in [2.05, 4.69) is 5.32 Å². The van der Waals surface area contributed by atoms with Crippen LogP contribution in [0.25, 0.3) is 0 Å². The largest absolute Gasteiger partial charge is 0.391 e. The highest BCUT2D eigenvalue weighted by Gasteiger charge is 2.67. The summed E-state index contributed by atoms with van der Waals surface area (Å²) in [6.07, 6.45) is 5.48. The molecule has 3 fully saturated rings. The minimum absolute atomic E-state index is 0.215. The maximum atomic E-state index is 12.0. The van der Waals surface area contributed by atoms with Gasteiger partial charge < -0.3 is 10.4 Å². The normalized spacial score (nSPS) is 43.3. The molecule has 1 amide bonds. The fraction of sp³-hybridized carbons (Fsp3) is 0.929. The van der Waals surface area contributed by atoms with E-state index < -0.39 is 0 Å². The summed E-state index contributed by atoms with van der Waals surface area (Å²) in [4.78, 5) is 12.0. The molecule has 5 atom stereocenters. The summed E-state index contributed by atoms with van der Waals surface area (Å²) in [5.41, 5.74) is 0. The zero-order valence-electron chi connectivity index (χ0n) is 10.6. The number of carbonyl (C=O) groups is 1. The number of carbonyl (C=O) groups excluding carboxylic acids is 1. The maximum Gasteiger partial charge on any atom is 0.223 e. The molecule has 0 aliphatic heterocycles. The average Bonchev–Trinajstić information content (AvgIpc) is 2.75. The molecule has 17 heavy (non-hydrogen) atoms. The molecule has 3 nitrogen and oxygen atoms in total. The molecule has 96 valence electrons. The third-order valence-corrected chi connectivity index (χ3v) is 5.17. The van der Waals surface area contributed by atoms with Gasteiger partial charge in [-0.1, -0.05) is 13.3 Å². The van der Waals surface area contributed by atoms with E-state index in [4.69, 9.17) is 0 Å². The molecule has 3 aliphatic carbocycles. The zero-order chi connectivity index (χ0) is 12.0. The van der Waals surface area contributed by atoms with Crippen molar-refractivity contribution in [1.82, 2.24) is 5.32 Å². The first-order valence-corrected chi connectivity index (χ1v) is 7.18. The Kier molecular flexibility index (Phi) is 2.89. The lowest BCUT2D eigenvalue weighted by atomic mass is 10.0. The molecule has 3 saturated carbocycles. The Hall–Kier alpha value is -0.570. The van der Waals surface area contributed by atoms with E-state index in [1.807, 2.05) is 6.92 Å². The fourth-order valence-electron chi connectivity index (χ4n) is 4.45. The Balaban J connectivity index is 1.46. The van der Waals surface area contributed by atoms with E-state index in [1.54, 1.807) is 0 Å². The highest BCUT2D eigenvalue weighted by molar-refractivity contribution is 5.82. The van der Waals surface area contributed by atoms with Gasteiger partial charge in [0.2, 0.25) is 5.91 Å². The van der Waals surface area contributed by atoms with Crippen molar-refractivity contribution in [1.29, 1.82) is 0 Å². The van der Waals surface area contributed by atoms with Crippen LogP contribution >= 0.6 is 0 Å². The van der Waals surface area contributed by atoms with E-state index in [-0.39, 0.29) is 12.0 Å². The van der Waals surface area contributed by atoms with E-state index >= 15 is 0 Å². The van der Waals surface area contributed by atoms with Crippen LogP contribution < -0.4 is 5.32 Å². The van der Waals surface area contributed by atoms with Crippen molar-refractivity contribution >= 4 is 5.91 Å². The number of rotatable bonds is 5. The Labute approximate surface area is 103 Å². The summed E-state index contributed by atoms with van der Waals surface area (Å²) in [6.45, 7) is 2.49. The molecule has 0 aromatic carbocycles. The first kappa shape index (κ1) is 11.5. The molecule has 5 unspecified atom stereocenters. The second kappa shape index (κ2) is 4.27. The maximum absolute atomic E-state index is 12.0. The van der Waals surface area contributed by atoms with Gasteiger partial charge in [-0.3, -0.25) is 4.79 Å². The fourth-order valence-corrected chi connectivity index (χ4v) is 4.45. The molecule has 0 aromatic heterocycles. The van der Waals surface area contributed by atoms with Crippen molar-refractivity contribution < 1.29 is 9.90 Å². The summed E-state index contributed by atoms with van der Waals surface area (Å²) in [6, 6.07) is 0. The molecular weight excluding hydrogens is 214 g/mol. The van der Waals surface area contributed by atoms with E-state index in [1.165, 1.54) is 19.3 Å². The second-order valence-electron chi connectivity index (χ2n) is 6.20. The third kappa shape index (κ3) is 1.88. The van der Waals surface area contributed by atoms with Crippen LogP contribution in [-0.4, -0.2) is 23.7 Å². The first-order chi connectivity index (χ1) is 8.22. The Bertz CT molecular complexity index is 301. The van der Waals surface area contributed by atoms with Gasteiger partial charge in [-0.25, -0.2) is 0 Å². The second-order valence-corrected chi connectivity index (χ2v) is 6.20. The average molecular weight is 237 g/mol. The van der Waals surface area contributed by atoms with Gasteiger partial charge in [-0.15, -0.1) is 0 Å². The predicted octanol–water partition coefficient (Wildman–Crippen LogP) is 1.56. The molecule has 3 rings (SSSR count). The summed E-state index contributed by atoms with van der Waals surface area (Å²) < 4.78 is 0. The molecule has 0 heterocycles. The lowest BCUT2D eigenvalue weighted by molar-refractivity contribution is -0.123. The quantitative estimate of drug-likeness (QED) is 0.762. The van der Waals surface area contributed by atoms with Crippen LogP contribution in [-0.2, 0) is 4.79 Å². The zero-order valence-corrected chi connectivity index (χ0v) is 10.6. The van der Waals surface area contributed by atoms with Crippen molar-refractivity contribution in [3.8, 4) is 0 Å². The summed E-state index contributed by atoms with van der Waals surface area (Å²) in [5.74, 6) is 3.62. The van der Waals surface area contributed by atoms with Gasteiger partial charge in [-0.05, 0) is 49.4 Å². The van der Waals surface area contributed by atoms with Crippen LogP contribution in [0.1, 0.15) is 39.0 Å². The molecule has 0 spiro atoms. The topological polar surface area (TPSA) is 49.3 Å². The van der Waals surface area contributed by atoms with Crippen LogP contribution in [0.2, 0.25) is 0 Å². The van der Waals surface area contributed by atoms with Crippen LogP contribution in [0, 0.1) is 29.6 Å². The van der Waals surface area contributed by atoms with Gasteiger partial charge in [0.15, 0.2) is 0 Å². The van der Waals surface area contributed by atoms with Crippen LogP contribution in [0.5, 0.6) is 0 Å². The molecule has 2 bridgehead atoms. The Morgan fingerprint density at radius 3 is 2.59 bits per heavy atom. The molecule has 3 heteroatoms. The van der Waals surface area contributed by atoms with Crippen LogP contribution in [0.3, 0.4) is 0 Å². The standard InChI is InChI=1S/C14H23NO2/c1-2-3-10(16)7-15-14(17)13-11-8-4-5-9(6-8)12(11)13/h8-13,16H,2-7H2,1H3,(H,15,17). The molecule has 3 aliphatic rings. The minimum Gasteiger partial charge on any atom is -0.391 e. The van der Waals surface area contributed by atoms with Crippen molar-refractivity contribution in [3.05, 3.63) is 0 Å². The number of hydrogen-bond donors (Lipinski definition) is 2. The van der Waals surface area contributed by atoms with Gasteiger partial charge in [-0.2, -0.15) is 0 Å². The predicted molar refractivity (Wildman–Crippen MR) is 65.2 cm³/mol. The molecule has 2 N–H and O–H groups in total. The van der Waals surface area contributed by atoms with Crippen molar-refractivity contribution in [3.63, 3.8) is 0 Å². The highest BCUT2D eigenvalue weighted by Crippen LogP contribution is 2.69. The number of amides is 1. The number of hydrogen-bond acceptors (Lipinski definition) is 2. The summed E-state index contributed by atoms with van der Waals surface area (Å²) in [5, 5.41) is 12.5. The SMILES string of the molecule is CCCC(O)CNC(=O)C1C2C3CCC(C3)C12. The van der Waals surface area contributed by atoms with Gasteiger partial charge in [0.05, 0.1) is 6.10 Å². The molecule has 0 saturated heterocycles. The smallest absolute Gasteiger partial charge is 0.223 e. The Morgan fingerprint density at radius 1 is 1.35 bits per heavy atom. The monoisotopic (exact) mass is 237 g/mol. The van der Waals surface area contributed by atoms with E-state index in [0.717, 1.165) is 24.7 Å². The van der Waals surface area contributed by atoms with Crippen LogP contribution in [0.15, 0.2) is 0 Å².